The normalized spacial score (nSPS) is 12.0. The summed E-state index contributed by atoms with van der Waals surface area (Å²) < 4.78 is 0.789. The minimum absolute atomic E-state index is 0.112. The van der Waals surface area contributed by atoms with Crippen molar-refractivity contribution in [3.05, 3.63) is 65.2 Å². The Morgan fingerprint density at radius 2 is 1.79 bits per heavy atom. The number of carbonyl (C=O) groups excluding carboxylic acids is 1. The van der Waals surface area contributed by atoms with Gasteiger partial charge in [-0.05, 0) is 42.0 Å². The van der Waals surface area contributed by atoms with E-state index in [1.807, 2.05) is 24.3 Å². The monoisotopic (exact) mass is 411 g/mol. The number of hydrogen-bond donors (Lipinski definition) is 1. The SMILES string of the molecule is CCc1ccc(Nc2nnc(SCC(=O)c3ccc([C@H](C)CC)cc3)s2)cc1. The molecule has 0 aliphatic heterocycles. The van der Waals surface area contributed by atoms with Crippen LogP contribution in [0.15, 0.2) is 52.9 Å². The first kappa shape index (κ1) is 20.6. The number of ketones is 1. The van der Waals surface area contributed by atoms with Crippen LogP contribution in [0.4, 0.5) is 10.8 Å². The molecular weight excluding hydrogens is 386 g/mol. The lowest BCUT2D eigenvalue weighted by molar-refractivity contribution is 0.102. The van der Waals surface area contributed by atoms with Gasteiger partial charge in [-0.3, -0.25) is 4.79 Å². The number of anilines is 2. The number of benzene rings is 2. The molecule has 0 bridgehead atoms. The predicted octanol–water partition coefficient (Wildman–Crippen LogP) is 6.33. The molecule has 0 saturated heterocycles. The Hall–Kier alpha value is -2.18. The lowest BCUT2D eigenvalue weighted by Crippen LogP contribution is -2.02. The van der Waals surface area contributed by atoms with Crippen molar-refractivity contribution in [2.45, 2.75) is 43.9 Å². The van der Waals surface area contributed by atoms with Crippen LogP contribution in [-0.4, -0.2) is 21.7 Å². The largest absolute Gasteiger partial charge is 0.330 e. The van der Waals surface area contributed by atoms with Crippen LogP contribution in [-0.2, 0) is 6.42 Å². The molecule has 0 saturated carbocycles. The molecule has 146 valence electrons. The van der Waals surface area contributed by atoms with Crippen LogP contribution in [0.1, 0.15) is 54.6 Å². The van der Waals surface area contributed by atoms with E-state index in [9.17, 15) is 4.79 Å². The number of Topliss-reactive ketones (excluding diaryl/α,β-unsaturated/α-hetero) is 1. The smallest absolute Gasteiger partial charge is 0.210 e. The minimum Gasteiger partial charge on any atom is -0.330 e. The van der Waals surface area contributed by atoms with E-state index in [-0.39, 0.29) is 5.78 Å². The van der Waals surface area contributed by atoms with Crippen LogP contribution in [0.2, 0.25) is 0 Å². The van der Waals surface area contributed by atoms with Gasteiger partial charge in [0.25, 0.3) is 0 Å². The molecule has 4 nitrogen and oxygen atoms in total. The van der Waals surface area contributed by atoms with Crippen molar-refractivity contribution in [3.8, 4) is 0 Å². The van der Waals surface area contributed by atoms with Gasteiger partial charge in [0.2, 0.25) is 5.13 Å². The molecule has 0 aliphatic rings. The average molecular weight is 412 g/mol. The number of aromatic nitrogens is 2. The maximum atomic E-state index is 12.4. The molecule has 1 atom stereocenters. The van der Waals surface area contributed by atoms with Crippen LogP contribution >= 0.6 is 23.1 Å². The fourth-order valence-corrected chi connectivity index (χ4v) is 4.38. The van der Waals surface area contributed by atoms with Gasteiger partial charge in [-0.15, -0.1) is 10.2 Å². The maximum absolute atomic E-state index is 12.4. The Kier molecular flexibility index (Phi) is 7.23. The lowest BCUT2D eigenvalue weighted by Gasteiger charge is -2.09. The van der Waals surface area contributed by atoms with Crippen molar-refractivity contribution >= 4 is 39.7 Å². The Morgan fingerprint density at radius 1 is 1.07 bits per heavy atom. The molecule has 0 spiro atoms. The molecule has 1 heterocycles. The van der Waals surface area contributed by atoms with Crippen LogP contribution < -0.4 is 5.32 Å². The van der Waals surface area contributed by atoms with Gasteiger partial charge in [-0.25, -0.2) is 0 Å². The molecule has 6 heteroatoms. The minimum atomic E-state index is 0.112. The third kappa shape index (κ3) is 5.42. The molecule has 2 aromatic carbocycles. The van der Waals surface area contributed by atoms with Gasteiger partial charge in [0.05, 0.1) is 5.75 Å². The summed E-state index contributed by atoms with van der Waals surface area (Å²) in [6, 6.07) is 16.3. The fourth-order valence-electron chi connectivity index (χ4n) is 2.71. The highest BCUT2D eigenvalue weighted by molar-refractivity contribution is 8.01. The Balaban J connectivity index is 1.54. The Labute approximate surface area is 174 Å². The lowest BCUT2D eigenvalue weighted by atomic mass is 9.97. The molecule has 0 aliphatic carbocycles. The van der Waals surface area contributed by atoms with Crippen molar-refractivity contribution in [2.24, 2.45) is 0 Å². The summed E-state index contributed by atoms with van der Waals surface area (Å²) in [6.07, 6.45) is 2.12. The second-order valence-electron chi connectivity index (χ2n) is 6.69. The molecule has 1 N–H and O–H groups in total. The summed E-state index contributed by atoms with van der Waals surface area (Å²) in [7, 11) is 0. The topological polar surface area (TPSA) is 54.9 Å². The third-order valence-corrected chi connectivity index (χ3v) is 6.73. The molecular formula is C22H25N3OS2. The summed E-state index contributed by atoms with van der Waals surface area (Å²) in [6.45, 7) is 6.51. The maximum Gasteiger partial charge on any atom is 0.210 e. The van der Waals surface area contributed by atoms with Gasteiger partial charge in [0, 0.05) is 11.3 Å². The first-order valence-electron chi connectivity index (χ1n) is 9.54. The van der Waals surface area contributed by atoms with E-state index in [4.69, 9.17) is 0 Å². The molecule has 3 rings (SSSR count). The van der Waals surface area contributed by atoms with E-state index in [1.54, 1.807) is 0 Å². The predicted molar refractivity (Wildman–Crippen MR) is 119 cm³/mol. The van der Waals surface area contributed by atoms with Crippen LogP contribution in [0.3, 0.4) is 0 Å². The van der Waals surface area contributed by atoms with E-state index in [2.05, 4.69) is 60.6 Å². The summed E-state index contributed by atoms with van der Waals surface area (Å²) in [5.41, 5.74) is 4.31. The second kappa shape index (κ2) is 9.85. The van der Waals surface area contributed by atoms with Gasteiger partial charge in [0.1, 0.15) is 0 Å². The molecule has 28 heavy (non-hydrogen) atoms. The number of thioether (sulfide) groups is 1. The van der Waals surface area contributed by atoms with Gasteiger partial charge in [-0.2, -0.15) is 0 Å². The van der Waals surface area contributed by atoms with Crippen molar-refractivity contribution < 1.29 is 4.79 Å². The zero-order valence-corrected chi connectivity index (χ0v) is 18.1. The highest BCUT2D eigenvalue weighted by Gasteiger charge is 2.11. The van der Waals surface area contributed by atoms with E-state index < -0.39 is 0 Å². The first-order valence-corrected chi connectivity index (χ1v) is 11.3. The Morgan fingerprint density at radius 3 is 2.43 bits per heavy atom. The summed E-state index contributed by atoms with van der Waals surface area (Å²) in [4.78, 5) is 12.4. The quantitative estimate of drug-likeness (QED) is 0.329. The second-order valence-corrected chi connectivity index (χ2v) is 8.89. The highest BCUT2D eigenvalue weighted by atomic mass is 32.2. The fraction of sp³-hybridized carbons (Fsp3) is 0.318. The third-order valence-electron chi connectivity index (χ3n) is 4.76. The summed E-state index contributed by atoms with van der Waals surface area (Å²) >= 11 is 2.89. The van der Waals surface area contributed by atoms with Crippen molar-refractivity contribution in [1.29, 1.82) is 0 Å². The van der Waals surface area contributed by atoms with Crippen molar-refractivity contribution in [1.82, 2.24) is 10.2 Å². The molecule has 0 unspecified atom stereocenters. The molecule has 0 amide bonds. The molecule has 0 radical (unpaired) electrons. The van der Waals surface area contributed by atoms with Gasteiger partial charge in [0.15, 0.2) is 10.1 Å². The number of nitrogens with zero attached hydrogens (tertiary/aromatic N) is 2. The average Bonchev–Trinajstić information content (AvgIpc) is 3.19. The number of carbonyl (C=O) groups is 1. The highest BCUT2D eigenvalue weighted by Crippen LogP contribution is 2.28. The van der Waals surface area contributed by atoms with E-state index in [1.165, 1.54) is 34.2 Å². The van der Waals surface area contributed by atoms with Gasteiger partial charge < -0.3 is 5.32 Å². The zero-order valence-electron chi connectivity index (χ0n) is 16.4. The van der Waals surface area contributed by atoms with Crippen molar-refractivity contribution in [3.63, 3.8) is 0 Å². The standard InChI is InChI=1S/C22H25N3OS2/c1-4-15(3)17-8-10-18(11-9-17)20(26)14-27-22-25-24-21(28-22)23-19-12-6-16(5-2)7-13-19/h6-13,15H,4-5,14H2,1-3H3,(H,23,24)/t15-/m1/s1. The van der Waals surface area contributed by atoms with E-state index in [0.717, 1.165) is 33.6 Å². The number of nitrogens with one attached hydrogen (secondary N) is 1. The van der Waals surface area contributed by atoms with Crippen molar-refractivity contribution in [2.75, 3.05) is 11.1 Å². The number of hydrogen-bond acceptors (Lipinski definition) is 6. The van der Waals surface area contributed by atoms with Gasteiger partial charge >= 0.3 is 0 Å². The van der Waals surface area contributed by atoms with Crippen LogP contribution in [0, 0.1) is 0 Å². The number of rotatable bonds is 9. The first-order chi connectivity index (χ1) is 13.6. The summed E-state index contributed by atoms with van der Waals surface area (Å²) in [5, 5.41) is 12.3. The molecule has 0 fully saturated rings. The molecule has 1 aromatic heterocycles. The Bertz CT molecular complexity index is 904. The summed E-state index contributed by atoms with van der Waals surface area (Å²) in [5.74, 6) is 0.993. The van der Waals surface area contributed by atoms with E-state index >= 15 is 0 Å². The molecule has 3 aromatic rings. The van der Waals surface area contributed by atoms with E-state index in [0.29, 0.717) is 11.7 Å². The zero-order chi connectivity index (χ0) is 19.9. The van der Waals surface area contributed by atoms with Crippen LogP contribution in [0.25, 0.3) is 0 Å². The number of aryl methyl sites for hydroxylation is 1. The van der Waals surface area contributed by atoms with Crippen LogP contribution in [0.5, 0.6) is 0 Å². The van der Waals surface area contributed by atoms with Gasteiger partial charge in [-0.1, -0.05) is 80.3 Å².